The van der Waals surface area contributed by atoms with Crippen molar-refractivity contribution in [3.05, 3.63) is 29.8 Å². The van der Waals surface area contributed by atoms with Gasteiger partial charge in [-0.1, -0.05) is 25.0 Å². The zero-order chi connectivity index (χ0) is 13.5. The molecule has 0 radical (unpaired) electrons. The molecule has 0 saturated heterocycles. The molecule has 4 heteroatoms. The van der Waals surface area contributed by atoms with Crippen molar-refractivity contribution < 1.29 is 8.95 Å². The molecule has 1 aliphatic carbocycles. The third-order valence-electron chi connectivity index (χ3n) is 3.58. The van der Waals surface area contributed by atoms with Gasteiger partial charge in [0.15, 0.2) is 0 Å². The lowest BCUT2D eigenvalue weighted by molar-refractivity contribution is 0.342. The molecule has 0 aromatic heterocycles. The van der Waals surface area contributed by atoms with E-state index in [1.165, 1.54) is 18.4 Å². The topological polar surface area (TPSA) is 52.3 Å². The molecule has 2 N–H and O–H groups in total. The minimum atomic E-state index is -0.718. The van der Waals surface area contributed by atoms with Gasteiger partial charge in [-0.2, -0.15) is 0 Å². The lowest BCUT2D eigenvalue weighted by atomic mass is 10.1. The van der Waals surface area contributed by atoms with Crippen molar-refractivity contribution in [1.29, 1.82) is 0 Å². The first-order valence-corrected chi connectivity index (χ1v) is 8.47. The Balaban J connectivity index is 1.71. The molecule has 0 amide bonds. The first-order valence-electron chi connectivity index (χ1n) is 7.08. The van der Waals surface area contributed by atoms with Crippen LogP contribution < -0.4 is 10.5 Å². The largest absolute Gasteiger partial charge is 0.493 e. The molecule has 3 nitrogen and oxygen atoms in total. The summed E-state index contributed by atoms with van der Waals surface area (Å²) in [6.45, 7) is 1.21. The van der Waals surface area contributed by atoms with E-state index in [0.717, 1.165) is 25.0 Å². The molecule has 1 aliphatic rings. The van der Waals surface area contributed by atoms with Gasteiger partial charge in [-0.3, -0.25) is 4.21 Å². The van der Waals surface area contributed by atoms with Crippen LogP contribution in [0.2, 0.25) is 0 Å². The molecule has 0 aliphatic heterocycles. The zero-order valence-corrected chi connectivity index (χ0v) is 12.2. The zero-order valence-electron chi connectivity index (χ0n) is 11.3. The standard InChI is InChI=1S/C15H23NO2S/c16-10-9-13-5-7-14(8-6-13)18-11-12-19(17)15-3-1-2-4-15/h5-8,15H,1-4,9-12,16H2. The second-order valence-corrected chi connectivity index (χ2v) is 6.86. The second kappa shape index (κ2) is 7.65. The van der Waals surface area contributed by atoms with Gasteiger partial charge >= 0.3 is 0 Å². The van der Waals surface area contributed by atoms with Gasteiger partial charge in [0, 0.05) is 16.0 Å². The summed E-state index contributed by atoms with van der Waals surface area (Å²) in [6.07, 6.45) is 5.62. The fraction of sp³-hybridized carbons (Fsp3) is 0.600. The van der Waals surface area contributed by atoms with Gasteiger partial charge in [0.25, 0.3) is 0 Å². The van der Waals surface area contributed by atoms with Crippen LogP contribution in [0.15, 0.2) is 24.3 Å². The molecule has 19 heavy (non-hydrogen) atoms. The van der Waals surface area contributed by atoms with E-state index in [-0.39, 0.29) is 0 Å². The average molecular weight is 281 g/mol. The van der Waals surface area contributed by atoms with Gasteiger partial charge in [-0.25, -0.2) is 0 Å². The van der Waals surface area contributed by atoms with Crippen molar-refractivity contribution in [2.24, 2.45) is 5.73 Å². The van der Waals surface area contributed by atoms with Crippen molar-refractivity contribution in [3.8, 4) is 5.75 Å². The fourth-order valence-corrected chi connectivity index (χ4v) is 3.92. The highest BCUT2D eigenvalue weighted by Gasteiger charge is 2.20. The SMILES string of the molecule is NCCc1ccc(OCCS(=O)C2CCCC2)cc1. The van der Waals surface area contributed by atoms with E-state index in [9.17, 15) is 4.21 Å². The van der Waals surface area contributed by atoms with E-state index in [4.69, 9.17) is 10.5 Å². The number of hydrogen-bond acceptors (Lipinski definition) is 3. The van der Waals surface area contributed by atoms with Crippen LogP contribution in [-0.2, 0) is 17.2 Å². The third kappa shape index (κ3) is 4.62. The molecule has 1 unspecified atom stereocenters. The Kier molecular flexibility index (Phi) is 5.86. The van der Waals surface area contributed by atoms with Crippen LogP contribution in [0.3, 0.4) is 0 Å². The Morgan fingerprint density at radius 3 is 2.53 bits per heavy atom. The maximum absolute atomic E-state index is 12.0. The maximum atomic E-state index is 12.0. The van der Waals surface area contributed by atoms with Gasteiger partial charge in [0.1, 0.15) is 5.75 Å². The number of ether oxygens (including phenoxy) is 1. The number of rotatable bonds is 7. The minimum Gasteiger partial charge on any atom is -0.493 e. The van der Waals surface area contributed by atoms with E-state index in [1.54, 1.807) is 0 Å². The molecular weight excluding hydrogens is 258 g/mol. The predicted molar refractivity (Wildman–Crippen MR) is 80.0 cm³/mol. The van der Waals surface area contributed by atoms with E-state index >= 15 is 0 Å². The molecule has 0 spiro atoms. The van der Waals surface area contributed by atoms with Gasteiger partial charge in [-0.15, -0.1) is 0 Å². The number of benzene rings is 1. The predicted octanol–water partition coefficient (Wildman–Crippen LogP) is 2.26. The molecule has 0 bridgehead atoms. The normalized spacial score (nSPS) is 17.5. The van der Waals surface area contributed by atoms with Crippen LogP contribution in [-0.4, -0.2) is 28.4 Å². The molecule has 1 saturated carbocycles. The van der Waals surface area contributed by atoms with Gasteiger partial charge < -0.3 is 10.5 Å². The van der Waals surface area contributed by atoms with Crippen LogP contribution in [0.5, 0.6) is 5.75 Å². The number of nitrogens with two attached hydrogens (primary N) is 1. The molecular formula is C15H23NO2S. The minimum absolute atomic E-state index is 0.413. The highest BCUT2D eigenvalue weighted by molar-refractivity contribution is 7.85. The summed E-state index contributed by atoms with van der Waals surface area (Å²) in [6, 6.07) is 8.00. The Hall–Kier alpha value is -0.870. The Bertz CT molecular complexity index is 399. The van der Waals surface area contributed by atoms with Crippen LogP contribution >= 0.6 is 0 Å². The molecule has 1 aromatic carbocycles. The Morgan fingerprint density at radius 2 is 1.89 bits per heavy atom. The first-order chi connectivity index (χ1) is 9.29. The van der Waals surface area contributed by atoms with E-state index in [2.05, 4.69) is 0 Å². The summed E-state index contributed by atoms with van der Waals surface area (Å²) in [7, 11) is -0.718. The summed E-state index contributed by atoms with van der Waals surface area (Å²) < 4.78 is 17.6. The third-order valence-corrected chi connectivity index (χ3v) is 5.37. The van der Waals surface area contributed by atoms with E-state index in [1.807, 2.05) is 24.3 Å². The lowest BCUT2D eigenvalue weighted by Crippen LogP contribution is -2.18. The molecule has 106 valence electrons. The van der Waals surface area contributed by atoms with Crippen molar-refractivity contribution in [3.63, 3.8) is 0 Å². The molecule has 1 fully saturated rings. The van der Waals surface area contributed by atoms with Crippen molar-refractivity contribution >= 4 is 10.8 Å². The van der Waals surface area contributed by atoms with Crippen LogP contribution in [0, 0.1) is 0 Å². The summed E-state index contributed by atoms with van der Waals surface area (Å²) >= 11 is 0. The van der Waals surface area contributed by atoms with Gasteiger partial charge in [0.2, 0.25) is 0 Å². The van der Waals surface area contributed by atoms with Crippen molar-refractivity contribution in [2.45, 2.75) is 37.4 Å². The van der Waals surface area contributed by atoms with E-state index < -0.39 is 10.8 Å². The fourth-order valence-electron chi connectivity index (χ4n) is 2.48. The lowest BCUT2D eigenvalue weighted by Gasteiger charge is -2.10. The van der Waals surface area contributed by atoms with Crippen molar-refractivity contribution in [1.82, 2.24) is 0 Å². The summed E-state index contributed by atoms with van der Waals surface area (Å²) in [5, 5.41) is 0.413. The summed E-state index contributed by atoms with van der Waals surface area (Å²) in [5.74, 6) is 1.50. The monoisotopic (exact) mass is 281 g/mol. The molecule has 1 atom stereocenters. The Labute approximate surface area is 118 Å². The van der Waals surface area contributed by atoms with Crippen LogP contribution in [0.4, 0.5) is 0 Å². The number of hydrogen-bond donors (Lipinski definition) is 1. The maximum Gasteiger partial charge on any atom is 0.119 e. The van der Waals surface area contributed by atoms with Gasteiger partial charge in [0.05, 0.1) is 12.4 Å². The summed E-state index contributed by atoms with van der Waals surface area (Å²) in [5.41, 5.74) is 6.73. The molecule has 2 rings (SSSR count). The highest BCUT2D eigenvalue weighted by Crippen LogP contribution is 2.23. The molecule has 1 aromatic rings. The van der Waals surface area contributed by atoms with Gasteiger partial charge in [-0.05, 0) is 43.5 Å². The Morgan fingerprint density at radius 1 is 1.21 bits per heavy atom. The average Bonchev–Trinajstić information content (AvgIpc) is 2.95. The smallest absolute Gasteiger partial charge is 0.119 e. The van der Waals surface area contributed by atoms with E-state index in [0.29, 0.717) is 24.2 Å². The molecule has 0 heterocycles. The quantitative estimate of drug-likeness (QED) is 0.834. The van der Waals surface area contributed by atoms with Crippen LogP contribution in [0.25, 0.3) is 0 Å². The van der Waals surface area contributed by atoms with Crippen molar-refractivity contribution in [2.75, 3.05) is 18.9 Å². The first kappa shape index (κ1) is 14.5. The van der Waals surface area contributed by atoms with Crippen LogP contribution in [0.1, 0.15) is 31.2 Å². The second-order valence-electron chi connectivity index (χ2n) is 5.02. The highest BCUT2D eigenvalue weighted by atomic mass is 32.2. The summed E-state index contributed by atoms with van der Waals surface area (Å²) in [4.78, 5) is 0.